The van der Waals surface area contributed by atoms with Crippen LogP contribution in [0.3, 0.4) is 0 Å². The zero-order valence-electron chi connectivity index (χ0n) is 14.2. The third-order valence-corrected chi connectivity index (χ3v) is 4.57. The van der Waals surface area contributed by atoms with Gasteiger partial charge in [0, 0.05) is 6.61 Å². The molecule has 0 unspecified atom stereocenters. The Morgan fingerprint density at radius 3 is 2.67 bits per heavy atom. The number of tetrazole rings is 1. The molecule has 1 saturated heterocycles. The molecule has 0 saturated carbocycles. The fourth-order valence-electron chi connectivity index (χ4n) is 3.28. The number of nitrogens with zero attached hydrogens (tertiary/aromatic N) is 5. The van der Waals surface area contributed by atoms with Crippen molar-refractivity contribution >= 4 is 0 Å². The van der Waals surface area contributed by atoms with Gasteiger partial charge in [0.25, 0.3) is 0 Å². The second-order valence-electron chi connectivity index (χ2n) is 6.03. The molecule has 0 bridgehead atoms. The van der Waals surface area contributed by atoms with Crippen LogP contribution >= 0.6 is 0 Å². The molecule has 1 aromatic heterocycles. The first-order valence-electron chi connectivity index (χ1n) is 8.60. The van der Waals surface area contributed by atoms with Crippen LogP contribution < -0.4 is 0 Å². The van der Waals surface area contributed by atoms with Crippen molar-refractivity contribution in [2.45, 2.75) is 45.4 Å². The molecule has 24 heavy (non-hydrogen) atoms. The molecule has 0 spiro atoms. The first-order chi connectivity index (χ1) is 11.7. The minimum absolute atomic E-state index is 0.1000. The van der Waals surface area contributed by atoms with Gasteiger partial charge in [-0.05, 0) is 54.1 Å². The van der Waals surface area contributed by atoms with E-state index in [1.807, 2.05) is 16.8 Å². The summed E-state index contributed by atoms with van der Waals surface area (Å²) in [5.74, 6) is 0.539. The molecule has 1 aromatic carbocycles. The maximum Gasteiger partial charge on any atom is 0.173 e. The zero-order valence-corrected chi connectivity index (χ0v) is 14.2. The molecule has 6 nitrogen and oxygen atoms in total. The summed E-state index contributed by atoms with van der Waals surface area (Å²) in [6, 6.07) is 6.49. The van der Waals surface area contributed by atoms with Gasteiger partial charge in [-0.2, -0.15) is 0 Å². The van der Waals surface area contributed by atoms with Gasteiger partial charge in [0.1, 0.15) is 5.82 Å². The van der Waals surface area contributed by atoms with Crippen LogP contribution in [0.25, 0.3) is 0 Å². The number of aromatic nitrogens is 4. The van der Waals surface area contributed by atoms with Crippen molar-refractivity contribution in [1.82, 2.24) is 25.1 Å². The molecular formula is C17H24FN5O. The van der Waals surface area contributed by atoms with E-state index in [-0.39, 0.29) is 18.0 Å². The van der Waals surface area contributed by atoms with Crippen LogP contribution in [0.2, 0.25) is 0 Å². The number of halogens is 1. The lowest BCUT2D eigenvalue weighted by molar-refractivity contribution is 0.0910. The molecule has 1 fully saturated rings. The topological polar surface area (TPSA) is 56.1 Å². The minimum Gasteiger partial charge on any atom is -0.376 e. The third kappa shape index (κ3) is 3.62. The summed E-state index contributed by atoms with van der Waals surface area (Å²) in [6.45, 7) is 7.38. The van der Waals surface area contributed by atoms with Crippen LogP contribution in [0, 0.1) is 5.82 Å². The predicted molar refractivity (Wildman–Crippen MR) is 88.0 cm³/mol. The third-order valence-electron chi connectivity index (χ3n) is 4.57. The van der Waals surface area contributed by atoms with E-state index in [4.69, 9.17) is 4.74 Å². The van der Waals surface area contributed by atoms with E-state index < -0.39 is 0 Å². The van der Waals surface area contributed by atoms with Crippen LogP contribution in [0.5, 0.6) is 0 Å². The molecule has 2 aromatic rings. The summed E-state index contributed by atoms with van der Waals surface area (Å²) < 4.78 is 20.9. The molecule has 0 N–H and O–H groups in total. The predicted octanol–water partition coefficient (Wildman–Crippen LogP) is 2.42. The summed E-state index contributed by atoms with van der Waals surface area (Å²) >= 11 is 0. The molecule has 1 aliphatic heterocycles. The Hall–Kier alpha value is -1.86. The van der Waals surface area contributed by atoms with E-state index in [0.29, 0.717) is 6.54 Å². The zero-order chi connectivity index (χ0) is 16.9. The van der Waals surface area contributed by atoms with E-state index >= 15 is 0 Å². The Labute approximate surface area is 141 Å². The standard InChI is InChI=1S/C17H24FN5O/c1-3-22(4-2)16(13-7-9-14(18)10-8-13)17-19-20-21-23(17)12-15-6-5-11-24-15/h7-10,15-16H,3-6,11-12H2,1-2H3/t15-,16-/m1/s1. The first-order valence-corrected chi connectivity index (χ1v) is 8.60. The molecule has 3 rings (SSSR count). The molecule has 1 aliphatic rings. The van der Waals surface area contributed by atoms with Crippen LogP contribution in [0.4, 0.5) is 4.39 Å². The van der Waals surface area contributed by atoms with Gasteiger partial charge in [0.05, 0.1) is 18.7 Å². The lowest BCUT2D eigenvalue weighted by Crippen LogP contribution is -2.32. The Morgan fingerprint density at radius 1 is 1.29 bits per heavy atom. The van der Waals surface area contributed by atoms with Crippen molar-refractivity contribution < 1.29 is 9.13 Å². The Kier molecular flexibility index (Phi) is 5.52. The van der Waals surface area contributed by atoms with Crippen molar-refractivity contribution in [2.75, 3.05) is 19.7 Å². The van der Waals surface area contributed by atoms with Crippen molar-refractivity contribution in [3.63, 3.8) is 0 Å². The normalized spacial score (nSPS) is 19.1. The summed E-state index contributed by atoms with van der Waals surface area (Å²) in [5, 5.41) is 12.3. The largest absolute Gasteiger partial charge is 0.376 e. The molecule has 0 aliphatic carbocycles. The van der Waals surface area contributed by atoms with Gasteiger partial charge in [-0.25, -0.2) is 9.07 Å². The fraction of sp³-hybridized carbons (Fsp3) is 0.588. The highest BCUT2D eigenvalue weighted by molar-refractivity contribution is 5.25. The van der Waals surface area contributed by atoms with E-state index in [2.05, 4.69) is 34.3 Å². The van der Waals surface area contributed by atoms with Crippen LogP contribution in [-0.2, 0) is 11.3 Å². The van der Waals surface area contributed by atoms with E-state index in [0.717, 1.165) is 43.9 Å². The van der Waals surface area contributed by atoms with Crippen molar-refractivity contribution in [3.05, 3.63) is 41.5 Å². The van der Waals surface area contributed by atoms with Gasteiger partial charge in [0.2, 0.25) is 0 Å². The van der Waals surface area contributed by atoms with Crippen molar-refractivity contribution in [1.29, 1.82) is 0 Å². The molecule has 7 heteroatoms. The van der Waals surface area contributed by atoms with Gasteiger partial charge in [-0.15, -0.1) is 5.10 Å². The molecular weight excluding hydrogens is 309 g/mol. The minimum atomic E-state index is -0.240. The van der Waals surface area contributed by atoms with Crippen LogP contribution in [0.15, 0.2) is 24.3 Å². The van der Waals surface area contributed by atoms with Crippen LogP contribution in [-0.4, -0.2) is 50.9 Å². The van der Waals surface area contributed by atoms with E-state index in [1.54, 1.807) is 0 Å². The van der Waals surface area contributed by atoms with Gasteiger partial charge in [0.15, 0.2) is 5.82 Å². The van der Waals surface area contributed by atoms with Crippen LogP contribution in [0.1, 0.15) is 44.1 Å². The van der Waals surface area contributed by atoms with Crippen molar-refractivity contribution in [3.8, 4) is 0 Å². The highest BCUT2D eigenvalue weighted by Crippen LogP contribution is 2.27. The van der Waals surface area contributed by atoms with Gasteiger partial charge in [-0.1, -0.05) is 26.0 Å². The number of hydrogen-bond donors (Lipinski definition) is 0. The van der Waals surface area contributed by atoms with Crippen molar-refractivity contribution in [2.24, 2.45) is 0 Å². The molecule has 2 heterocycles. The SMILES string of the molecule is CCN(CC)[C@H](c1ccc(F)cc1)c1nnnn1C[C@H]1CCCO1. The first kappa shape index (κ1) is 17.0. The lowest BCUT2D eigenvalue weighted by atomic mass is 10.0. The lowest BCUT2D eigenvalue weighted by Gasteiger charge is -2.29. The van der Waals surface area contributed by atoms with Gasteiger partial charge >= 0.3 is 0 Å². The maximum absolute atomic E-state index is 13.3. The number of rotatable bonds is 7. The monoisotopic (exact) mass is 333 g/mol. The Morgan fingerprint density at radius 2 is 2.04 bits per heavy atom. The Bertz CT molecular complexity index is 635. The summed E-state index contributed by atoms with van der Waals surface area (Å²) in [7, 11) is 0. The molecule has 2 atom stereocenters. The molecule has 0 amide bonds. The number of hydrogen-bond acceptors (Lipinski definition) is 5. The second kappa shape index (κ2) is 7.81. The highest BCUT2D eigenvalue weighted by atomic mass is 19.1. The average molecular weight is 333 g/mol. The summed E-state index contributed by atoms with van der Waals surface area (Å²) in [4.78, 5) is 2.27. The quantitative estimate of drug-likeness (QED) is 0.779. The second-order valence-corrected chi connectivity index (χ2v) is 6.03. The van der Waals surface area contributed by atoms with E-state index in [9.17, 15) is 4.39 Å². The number of ether oxygens (including phenoxy) is 1. The highest BCUT2D eigenvalue weighted by Gasteiger charge is 2.28. The summed E-state index contributed by atoms with van der Waals surface area (Å²) in [5.41, 5.74) is 0.989. The average Bonchev–Trinajstić information content (AvgIpc) is 3.26. The smallest absolute Gasteiger partial charge is 0.173 e. The molecule has 0 radical (unpaired) electrons. The summed E-state index contributed by atoms with van der Waals surface area (Å²) in [6.07, 6.45) is 2.28. The Balaban J connectivity index is 1.93. The molecule has 130 valence electrons. The number of benzene rings is 1. The van der Waals surface area contributed by atoms with Gasteiger partial charge < -0.3 is 4.74 Å². The maximum atomic E-state index is 13.3. The van der Waals surface area contributed by atoms with Gasteiger partial charge in [-0.3, -0.25) is 4.90 Å². The fourth-order valence-corrected chi connectivity index (χ4v) is 3.28. The van der Waals surface area contributed by atoms with E-state index in [1.165, 1.54) is 12.1 Å².